The predicted octanol–water partition coefficient (Wildman–Crippen LogP) is 6.26. The average Bonchev–Trinajstić information content (AvgIpc) is 3.62. The van der Waals surface area contributed by atoms with E-state index in [9.17, 15) is 18.0 Å². The normalized spacial score (nSPS) is 12.8. The monoisotopic (exact) mass is 557 g/mol. The van der Waals surface area contributed by atoms with E-state index in [-0.39, 0.29) is 5.91 Å². The summed E-state index contributed by atoms with van der Waals surface area (Å²) in [5, 5.41) is 10.7. The van der Waals surface area contributed by atoms with Crippen LogP contribution in [0.3, 0.4) is 0 Å². The number of alkyl halides is 3. The first kappa shape index (κ1) is 27.8. The number of amides is 1. The lowest BCUT2D eigenvalue weighted by molar-refractivity contribution is -0.192. The molecule has 3 heterocycles. The number of carboxylic acid groups (broad SMARTS) is 1. The Hall–Kier alpha value is -4.25. The molecule has 3 aromatic heterocycles. The number of halogens is 4. The van der Waals surface area contributed by atoms with E-state index in [1.165, 1.54) is 12.8 Å². The van der Waals surface area contributed by atoms with E-state index in [2.05, 4.69) is 20.3 Å². The molecule has 2 N–H and O–H groups in total. The van der Waals surface area contributed by atoms with Crippen molar-refractivity contribution in [2.75, 3.05) is 5.32 Å². The SMILES string of the molecule is Cc1ccc(NC(=O)c2cc(-c3cnc(-c4cccnc4)nc3)cn2CC2CC2)cc1Cl.O=C(O)C(F)(F)F. The van der Waals surface area contributed by atoms with Gasteiger partial charge in [0.25, 0.3) is 5.91 Å². The minimum atomic E-state index is -5.08. The molecule has 1 aliphatic rings. The van der Waals surface area contributed by atoms with Crippen LogP contribution in [0.2, 0.25) is 5.02 Å². The molecular weight excluding hydrogens is 535 g/mol. The lowest BCUT2D eigenvalue weighted by Crippen LogP contribution is -2.21. The maximum Gasteiger partial charge on any atom is 0.490 e. The van der Waals surface area contributed by atoms with Crippen molar-refractivity contribution >= 4 is 29.2 Å². The molecule has 8 nitrogen and oxygen atoms in total. The first-order chi connectivity index (χ1) is 18.5. The number of pyridine rings is 1. The van der Waals surface area contributed by atoms with Crippen molar-refractivity contribution < 1.29 is 27.9 Å². The van der Waals surface area contributed by atoms with Crippen LogP contribution in [-0.4, -0.2) is 42.7 Å². The van der Waals surface area contributed by atoms with E-state index in [0.717, 1.165) is 28.8 Å². The number of hydrogen-bond donors (Lipinski definition) is 2. The number of nitrogens with one attached hydrogen (secondary N) is 1. The fourth-order valence-corrected chi connectivity index (χ4v) is 3.76. The highest BCUT2D eigenvalue weighted by Gasteiger charge is 2.38. The fourth-order valence-electron chi connectivity index (χ4n) is 3.58. The molecule has 1 aliphatic carbocycles. The van der Waals surface area contributed by atoms with Gasteiger partial charge in [0.2, 0.25) is 0 Å². The number of carbonyl (C=O) groups is 2. The van der Waals surface area contributed by atoms with Gasteiger partial charge in [0.15, 0.2) is 5.82 Å². The van der Waals surface area contributed by atoms with Crippen LogP contribution >= 0.6 is 11.6 Å². The topological polar surface area (TPSA) is 110 Å². The van der Waals surface area contributed by atoms with E-state index in [1.807, 2.05) is 48.0 Å². The van der Waals surface area contributed by atoms with Crippen LogP contribution in [0.25, 0.3) is 22.5 Å². The number of aliphatic carboxylic acids is 1. The number of benzene rings is 1. The van der Waals surface area contributed by atoms with E-state index in [4.69, 9.17) is 21.5 Å². The number of hydrogen-bond acceptors (Lipinski definition) is 5. The highest BCUT2D eigenvalue weighted by molar-refractivity contribution is 6.31. The van der Waals surface area contributed by atoms with Gasteiger partial charge in [-0.1, -0.05) is 17.7 Å². The molecule has 1 fully saturated rings. The van der Waals surface area contributed by atoms with E-state index in [0.29, 0.717) is 28.1 Å². The minimum absolute atomic E-state index is 0.162. The summed E-state index contributed by atoms with van der Waals surface area (Å²) in [4.78, 5) is 35.1. The van der Waals surface area contributed by atoms with Crippen molar-refractivity contribution in [2.45, 2.75) is 32.5 Å². The Balaban J connectivity index is 0.000000448. The van der Waals surface area contributed by atoms with E-state index in [1.54, 1.807) is 30.9 Å². The number of aryl methyl sites for hydroxylation is 1. The molecule has 0 aliphatic heterocycles. The zero-order chi connectivity index (χ0) is 28.2. The Bertz CT molecular complexity index is 1470. The third-order valence-corrected chi connectivity index (χ3v) is 6.27. The maximum atomic E-state index is 13.1. The third kappa shape index (κ3) is 7.41. The molecule has 0 atom stereocenters. The van der Waals surface area contributed by atoms with Crippen LogP contribution in [0, 0.1) is 12.8 Å². The van der Waals surface area contributed by atoms with Crippen molar-refractivity contribution in [2.24, 2.45) is 5.92 Å². The first-order valence-electron chi connectivity index (χ1n) is 11.8. The lowest BCUT2D eigenvalue weighted by atomic mass is 10.1. The van der Waals surface area contributed by atoms with E-state index < -0.39 is 12.1 Å². The van der Waals surface area contributed by atoms with Gasteiger partial charge in [0, 0.05) is 64.9 Å². The first-order valence-corrected chi connectivity index (χ1v) is 12.2. The van der Waals surface area contributed by atoms with Gasteiger partial charge >= 0.3 is 12.1 Å². The van der Waals surface area contributed by atoms with Crippen molar-refractivity contribution in [3.05, 3.63) is 83.7 Å². The Kier molecular flexibility index (Phi) is 8.29. The molecule has 1 saturated carbocycles. The largest absolute Gasteiger partial charge is 0.490 e. The van der Waals surface area contributed by atoms with Gasteiger partial charge in [-0.25, -0.2) is 14.8 Å². The zero-order valence-corrected chi connectivity index (χ0v) is 21.4. The minimum Gasteiger partial charge on any atom is -0.475 e. The molecule has 0 spiro atoms. The van der Waals surface area contributed by atoms with Crippen LogP contribution in [0.4, 0.5) is 18.9 Å². The zero-order valence-electron chi connectivity index (χ0n) is 20.6. The van der Waals surface area contributed by atoms with Gasteiger partial charge in [-0.3, -0.25) is 9.78 Å². The van der Waals surface area contributed by atoms with Crippen molar-refractivity contribution in [1.82, 2.24) is 19.5 Å². The number of carbonyl (C=O) groups excluding carboxylic acids is 1. The number of carboxylic acids is 1. The third-order valence-electron chi connectivity index (χ3n) is 5.86. The molecule has 5 rings (SSSR count). The number of nitrogens with zero attached hydrogens (tertiary/aromatic N) is 4. The summed E-state index contributed by atoms with van der Waals surface area (Å²) in [5.74, 6) is -1.68. The summed E-state index contributed by atoms with van der Waals surface area (Å²) in [7, 11) is 0. The van der Waals surface area contributed by atoms with Crippen LogP contribution < -0.4 is 5.32 Å². The smallest absolute Gasteiger partial charge is 0.475 e. The molecule has 0 unspecified atom stereocenters. The Morgan fingerprint density at radius 1 is 1.08 bits per heavy atom. The van der Waals surface area contributed by atoms with Crippen molar-refractivity contribution in [3.63, 3.8) is 0 Å². The lowest BCUT2D eigenvalue weighted by Gasteiger charge is -2.10. The summed E-state index contributed by atoms with van der Waals surface area (Å²) >= 11 is 6.22. The van der Waals surface area contributed by atoms with Gasteiger partial charge in [0.1, 0.15) is 5.69 Å². The summed E-state index contributed by atoms with van der Waals surface area (Å²) in [6.07, 6.45) is 6.35. The van der Waals surface area contributed by atoms with Crippen molar-refractivity contribution in [1.29, 1.82) is 0 Å². The summed E-state index contributed by atoms with van der Waals surface area (Å²) in [6, 6.07) is 11.2. The molecular formula is C27H23ClF3N5O3. The summed E-state index contributed by atoms with van der Waals surface area (Å²) in [6.45, 7) is 2.76. The second-order valence-corrected chi connectivity index (χ2v) is 9.38. The maximum absolute atomic E-state index is 13.1. The van der Waals surface area contributed by atoms with Gasteiger partial charge in [-0.05, 0) is 61.6 Å². The molecule has 39 heavy (non-hydrogen) atoms. The Labute approximate surface area is 226 Å². The number of anilines is 1. The molecule has 202 valence electrons. The molecule has 0 radical (unpaired) electrons. The molecule has 0 bridgehead atoms. The fraction of sp³-hybridized carbons (Fsp3) is 0.222. The highest BCUT2D eigenvalue weighted by Crippen LogP contribution is 2.33. The van der Waals surface area contributed by atoms with E-state index >= 15 is 0 Å². The second-order valence-electron chi connectivity index (χ2n) is 8.97. The number of aromatic nitrogens is 4. The molecule has 4 aromatic rings. The highest BCUT2D eigenvalue weighted by atomic mass is 35.5. The van der Waals surface area contributed by atoms with Gasteiger partial charge in [-0.2, -0.15) is 13.2 Å². The summed E-state index contributed by atoms with van der Waals surface area (Å²) in [5.41, 5.74) is 4.89. The average molecular weight is 558 g/mol. The van der Waals surface area contributed by atoms with Crippen LogP contribution in [0.15, 0.2) is 67.4 Å². The van der Waals surface area contributed by atoms with Crippen LogP contribution in [-0.2, 0) is 11.3 Å². The van der Waals surface area contributed by atoms with Crippen LogP contribution in [0.1, 0.15) is 28.9 Å². The van der Waals surface area contributed by atoms with Gasteiger partial charge in [-0.15, -0.1) is 0 Å². The molecule has 12 heteroatoms. The Morgan fingerprint density at radius 2 is 1.77 bits per heavy atom. The standard InChI is InChI=1S/C25H22ClN5O.C2HF3O2/c1-16-4-7-21(10-22(16)26)30-25(32)23-9-19(15-31(23)14-17-5-6-17)20-12-28-24(29-13-20)18-3-2-8-27-11-18;3-2(4,5)1(6)7/h2-4,7-13,15,17H,5-6,14H2,1H3,(H,30,32);(H,6,7). The molecule has 1 aromatic carbocycles. The van der Waals surface area contributed by atoms with Crippen molar-refractivity contribution in [3.8, 4) is 22.5 Å². The van der Waals surface area contributed by atoms with Gasteiger partial charge in [0.05, 0.1) is 0 Å². The van der Waals surface area contributed by atoms with Gasteiger partial charge < -0.3 is 15.0 Å². The second kappa shape index (κ2) is 11.6. The van der Waals surface area contributed by atoms with Crippen LogP contribution in [0.5, 0.6) is 0 Å². The predicted molar refractivity (Wildman–Crippen MR) is 139 cm³/mol. The Morgan fingerprint density at radius 3 is 2.33 bits per heavy atom. The molecule has 1 amide bonds. The summed E-state index contributed by atoms with van der Waals surface area (Å²) < 4.78 is 33.8. The number of rotatable bonds is 6. The molecule has 0 saturated heterocycles. The quantitative estimate of drug-likeness (QED) is 0.289.